The Bertz CT molecular complexity index is 660. The molecule has 102 valence electrons. The lowest BCUT2D eigenvalue weighted by Crippen LogP contribution is -2.43. The van der Waals surface area contributed by atoms with E-state index in [1.54, 1.807) is 17.7 Å². The van der Waals surface area contributed by atoms with E-state index in [2.05, 4.69) is 32.4 Å². The van der Waals surface area contributed by atoms with E-state index < -0.39 is 0 Å². The van der Waals surface area contributed by atoms with Gasteiger partial charge in [0.1, 0.15) is 17.0 Å². The van der Waals surface area contributed by atoms with E-state index in [-0.39, 0.29) is 0 Å². The minimum absolute atomic E-state index is 0.560. The molecule has 0 unspecified atom stereocenters. The molecule has 0 amide bonds. The maximum atomic E-state index is 8.93. The number of hydrogen-bond acceptors (Lipinski definition) is 5. The van der Waals surface area contributed by atoms with Crippen LogP contribution >= 0.6 is 11.3 Å². The molecule has 2 aromatic rings. The van der Waals surface area contributed by atoms with Crippen LogP contribution < -0.4 is 4.90 Å². The number of piperidine rings is 1. The zero-order chi connectivity index (χ0) is 13.5. The molecule has 2 fully saturated rings. The topological polar surface area (TPSA) is 52.8 Å². The fourth-order valence-electron chi connectivity index (χ4n) is 3.91. The zero-order valence-corrected chi connectivity index (χ0v) is 12.0. The fraction of sp³-hybridized carbons (Fsp3) is 0.533. The van der Waals surface area contributed by atoms with Crippen LogP contribution in [0.4, 0.5) is 5.82 Å². The van der Waals surface area contributed by atoms with Gasteiger partial charge in [-0.1, -0.05) is 0 Å². The molecular formula is C15H16N4S. The molecule has 4 nitrogen and oxygen atoms in total. The third-order valence-electron chi connectivity index (χ3n) is 4.70. The first kappa shape index (κ1) is 12.1. The Labute approximate surface area is 122 Å². The Balaban J connectivity index is 1.70. The predicted octanol–water partition coefficient (Wildman–Crippen LogP) is 3.35. The summed E-state index contributed by atoms with van der Waals surface area (Å²) in [4.78, 5) is 12.5. The SMILES string of the molecule is N#CCC1C[C@@H]2CC[C@@H](C1)N2c1ncnc2sccc12. The molecule has 2 saturated heterocycles. The van der Waals surface area contributed by atoms with Crippen LogP contribution in [0.25, 0.3) is 10.2 Å². The lowest BCUT2D eigenvalue weighted by atomic mass is 9.88. The quantitative estimate of drug-likeness (QED) is 0.848. The summed E-state index contributed by atoms with van der Waals surface area (Å²) < 4.78 is 0. The van der Waals surface area contributed by atoms with E-state index >= 15 is 0 Å². The summed E-state index contributed by atoms with van der Waals surface area (Å²) in [6.45, 7) is 0. The number of fused-ring (bicyclic) bond motifs is 3. The number of hydrogen-bond donors (Lipinski definition) is 0. The van der Waals surface area contributed by atoms with E-state index in [1.165, 1.54) is 18.2 Å². The molecule has 0 radical (unpaired) electrons. The van der Waals surface area contributed by atoms with Gasteiger partial charge in [0, 0.05) is 18.5 Å². The molecule has 20 heavy (non-hydrogen) atoms. The number of anilines is 1. The molecule has 2 aliphatic heterocycles. The van der Waals surface area contributed by atoms with Gasteiger partial charge in [0.25, 0.3) is 0 Å². The van der Waals surface area contributed by atoms with Crippen molar-refractivity contribution in [2.24, 2.45) is 5.92 Å². The molecule has 4 rings (SSSR count). The molecule has 0 spiro atoms. The zero-order valence-electron chi connectivity index (χ0n) is 11.2. The molecule has 2 aliphatic rings. The van der Waals surface area contributed by atoms with Crippen molar-refractivity contribution in [1.29, 1.82) is 5.26 Å². The van der Waals surface area contributed by atoms with Gasteiger partial charge in [-0.2, -0.15) is 5.26 Å². The van der Waals surface area contributed by atoms with Crippen molar-refractivity contribution >= 4 is 27.4 Å². The van der Waals surface area contributed by atoms with Crippen LogP contribution in [0.2, 0.25) is 0 Å². The van der Waals surface area contributed by atoms with E-state index in [9.17, 15) is 0 Å². The average Bonchev–Trinajstić information content (AvgIpc) is 3.02. The highest BCUT2D eigenvalue weighted by atomic mass is 32.1. The van der Waals surface area contributed by atoms with Crippen molar-refractivity contribution in [3.63, 3.8) is 0 Å². The third kappa shape index (κ3) is 1.79. The molecular weight excluding hydrogens is 268 g/mol. The van der Waals surface area contributed by atoms with Crippen molar-refractivity contribution < 1.29 is 0 Å². The summed E-state index contributed by atoms with van der Waals surface area (Å²) in [6, 6.07) is 5.60. The van der Waals surface area contributed by atoms with Gasteiger partial charge in [0.2, 0.25) is 0 Å². The van der Waals surface area contributed by atoms with Gasteiger partial charge in [-0.25, -0.2) is 9.97 Å². The molecule has 0 saturated carbocycles. The Morgan fingerprint density at radius 3 is 2.85 bits per heavy atom. The predicted molar refractivity (Wildman–Crippen MR) is 79.7 cm³/mol. The fourth-order valence-corrected chi connectivity index (χ4v) is 4.64. The smallest absolute Gasteiger partial charge is 0.141 e. The largest absolute Gasteiger partial charge is 0.350 e. The lowest BCUT2D eigenvalue weighted by molar-refractivity contribution is 0.343. The van der Waals surface area contributed by atoms with Crippen molar-refractivity contribution in [2.45, 2.75) is 44.2 Å². The van der Waals surface area contributed by atoms with Crippen molar-refractivity contribution in [3.05, 3.63) is 17.8 Å². The monoisotopic (exact) mass is 284 g/mol. The highest BCUT2D eigenvalue weighted by Gasteiger charge is 2.41. The Morgan fingerprint density at radius 2 is 2.10 bits per heavy atom. The number of nitriles is 1. The van der Waals surface area contributed by atoms with Gasteiger partial charge in [-0.3, -0.25) is 0 Å². The summed E-state index contributed by atoms with van der Waals surface area (Å²) in [5.41, 5.74) is 0. The maximum Gasteiger partial charge on any atom is 0.141 e. The molecule has 2 aromatic heterocycles. The van der Waals surface area contributed by atoms with Crippen molar-refractivity contribution in [3.8, 4) is 6.07 Å². The molecule has 5 heteroatoms. The first-order valence-corrected chi connectivity index (χ1v) is 8.08. The van der Waals surface area contributed by atoms with Gasteiger partial charge in [-0.05, 0) is 43.0 Å². The number of thiophene rings is 1. The summed E-state index contributed by atoms with van der Waals surface area (Å²) in [5.74, 6) is 1.69. The Kier molecular flexibility index (Phi) is 2.85. The van der Waals surface area contributed by atoms with Gasteiger partial charge < -0.3 is 4.90 Å². The van der Waals surface area contributed by atoms with Gasteiger partial charge in [-0.15, -0.1) is 11.3 Å². The highest BCUT2D eigenvalue weighted by molar-refractivity contribution is 7.16. The van der Waals surface area contributed by atoms with Crippen LogP contribution in [0.3, 0.4) is 0 Å². The van der Waals surface area contributed by atoms with Crippen LogP contribution in [0, 0.1) is 17.2 Å². The van der Waals surface area contributed by atoms with Gasteiger partial charge in [0.15, 0.2) is 0 Å². The van der Waals surface area contributed by atoms with Crippen molar-refractivity contribution in [2.75, 3.05) is 4.90 Å². The second-order valence-electron chi connectivity index (χ2n) is 5.83. The minimum Gasteiger partial charge on any atom is -0.350 e. The summed E-state index contributed by atoms with van der Waals surface area (Å²) >= 11 is 1.68. The summed E-state index contributed by atoms with van der Waals surface area (Å²) in [5, 5.41) is 12.2. The van der Waals surface area contributed by atoms with Gasteiger partial charge in [0.05, 0.1) is 11.5 Å². The number of nitrogens with zero attached hydrogens (tertiary/aromatic N) is 4. The number of aromatic nitrogens is 2. The molecule has 2 atom stereocenters. The first-order chi connectivity index (χ1) is 9.86. The minimum atomic E-state index is 0.560. The maximum absolute atomic E-state index is 8.93. The molecule has 0 aliphatic carbocycles. The average molecular weight is 284 g/mol. The molecule has 2 bridgehead atoms. The van der Waals surface area contributed by atoms with Crippen LogP contribution in [-0.2, 0) is 0 Å². The lowest BCUT2D eigenvalue weighted by Gasteiger charge is -2.39. The van der Waals surface area contributed by atoms with Gasteiger partial charge >= 0.3 is 0 Å². The first-order valence-electron chi connectivity index (χ1n) is 7.20. The Hall–Kier alpha value is -1.67. The normalized spacial score (nSPS) is 28.8. The van der Waals surface area contributed by atoms with Crippen LogP contribution in [0.5, 0.6) is 0 Å². The van der Waals surface area contributed by atoms with E-state index in [0.29, 0.717) is 24.4 Å². The molecule has 0 aromatic carbocycles. The summed E-state index contributed by atoms with van der Waals surface area (Å²) in [7, 11) is 0. The molecule has 4 heterocycles. The van der Waals surface area contributed by atoms with Crippen LogP contribution in [0.15, 0.2) is 17.8 Å². The second kappa shape index (κ2) is 4.71. The van der Waals surface area contributed by atoms with E-state index in [0.717, 1.165) is 23.5 Å². The molecule has 0 N–H and O–H groups in total. The highest BCUT2D eigenvalue weighted by Crippen LogP contribution is 2.43. The third-order valence-corrected chi connectivity index (χ3v) is 5.52. The standard InChI is InChI=1S/C15H16N4S/c16-5-3-10-7-11-1-2-12(8-10)19(11)14-13-4-6-20-15(13)18-9-17-14/h4,6,9-12H,1-3,7-8H2/t11-,12-/m0/s1. The van der Waals surface area contributed by atoms with Crippen LogP contribution in [0.1, 0.15) is 32.1 Å². The van der Waals surface area contributed by atoms with E-state index in [1.807, 2.05) is 0 Å². The second-order valence-corrected chi connectivity index (χ2v) is 6.72. The summed E-state index contributed by atoms with van der Waals surface area (Å²) in [6.07, 6.45) is 7.15. The number of rotatable bonds is 2. The van der Waals surface area contributed by atoms with E-state index in [4.69, 9.17) is 5.26 Å². The Morgan fingerprint density at radius 1 is 1.30 bits per heavy atom. The van der Waals surface area contributed by atoms with Crippen LogP contribution in [-0.4, -0.2) is 22.1 Å². The van der Waals surface area contributed by atoms with Crippen molar-refractivity contribution in [1.82, 2.24) is 9.97 Å².